The quantitative estimate of drug-likeness (QED) is 0.655. The molecule has 0 atom stereocenters. The van der Waals surface area contributed by atoms with Crippen molar-refractivity contribution in [3.05, 3.63) is 48.2 Å². The van der Waals surface area contributed by atoms with Crippen molar-refractivity contribution in [2.24, 2.45) is 10.8 Å². The molecule has 1 aromatic carbocycles. The molecule has 0 unspecified atom stereocenters. The van der Waals surface area contributed by atoms with Crippen LogP contribution in [0, 0.1) is 0 Å². The van der Waals surface area contributed by atoms with Gasteiger partial charge in [0, 0.05) is 4.90 Å². The number of nitrogens with zero attached hydrogens (tertiary/aromatic N) is 1. The van der Waals surface area contributed by atoms with Crippen LogP contribution in [0.15, 0.2) is 62.0 Å². The number of hydrogen-bond acceptors (Lipinski definition) is 4. The molecule has 5 nitrogen and oxygen atoms in total. The van der Waals surface area contributed by atoms with Gasteiger partial charge in [-0.1, -0.05) is 30.0 Å². The van der Waals surface area contributed by atoms with Crippen LogP contribution in [0.4, 0.5) is 4.79 Å². The molecule has 2 aromatic rings. The molecule has 0 aliphatic heterocycles. The minimum Gasteiger partial charge on any atom is -0.448 e. The van der Waals surface area contributed by atoms with Crippen LogP contribution in [0.5, 0.6) is 0 Å². The van der Waals surface area contributed by atoms with E-state index in [1.807, 2.05) is 36.4 Å². The zero-order chi connectivity index (χ0) is 12.8. The number of nitrogens with two attached hydrogens (primary N) is 1. The number of amides is 2. The van der Waals surface area contributed by atoms with Gasteiger partial charge in [0.05, 0.1) is 6.21 Å². The first-order valence-electron chi connectivity index (χ1n) is 5.15. The van der Waals surface area contributed by atoms with E-state index in [4.69, 9.17) is 10.2 Å². The molecule has 2 amide bonds. The molecule has 92 valence electrons. The van der Waals surface area contributed by atoms with Crippen LogP contribution in [-0.4, -0.2) is 12.2 Å². The van der Waals surface area contributed by atoms with E-state index in [9.17, 15) is 4.79 Å². The Morgan fingerprint density at radius 3 is 2.78 bits per heavy atom. The molecule has 1 aromatic heterocycles. The fourth-order valence-electron chi connectivity index (χ4n) is 1.22. The Morgan fingerprint density at radius 1 is 1.28 bits per heavy atom. The van der Waals surface area contributed by atoms with Crippen molar-refractivity contribution < 1.29 is 9.21 Å². The summed E-state index contributed by atoms with van der Waals surface area (Å²) in [4.78, 5) is 11.5. The van der Waals surface area contributed by atoms with Crippen LogP contribution >= 0.6 is 11.8 Å². The number of benzene rings is 1. The Balaban J connectivity index is 1.98. The van der Waals surface area contributed by atoms with Gasteiger partial charge in [-0.2, -0.15) is 5.10 Å². The topological polar surface area (TPSA) is 80.6 Å². The van der Waals surface area contributed by atoms with E-state index in [1.54, 1.807) is 6.07 Å². The number of rotatable bonds is 4. The summed E-state index contributed by atoms with van der Waals surface area (Å²) >= 11 is 1.51. The van der Waals surface area contributed by atoms with E-state index < -0.39 is 6.03 Å². The van der Waals surface area contributed by atoms with Crippen LogP contribution in [0.25, 0.3) is 0 Å². The van der Waals surface area contributed by atoms with E-state index in [1.165, 1.54) is 18.0 Å². The normalized spacial score (nSPS) is 10.7. The van der Waals surface area contributed by atoms with Gasteiger partial charge < -0.3 is 10.2 Å². The van der Waals surface area contributed by atoms with E-state index in [-0.39, 0.29) is 0 Å². The number of furan rings is 1. The summed E-state index contributed by atoms with van der Waals surface area (Å²) in [5, 5.41) is 4.36. The minimum atomic E-state index is -0.711. The van der Waals surface area contributed by atoms with Crippen molar-refractivity contribution in [2.45, 2.75) is 9.99 Å². The monoisotopic (exact) mass is 261 g/mol. The number of urea groups is 1. The van der Waals surface area contributed by atoms with Gasteiger partial charge in [-0.05, 0) is 24.3 Å². The maximum atomic E-state index is 10.4. The molecule has 0 radical (unpaired) electrons. The Bertz CT molecular complexity index is 551. The second-order valence-corrected chi connectivity index (χ2v) is 4.38. The molecule has 2 rings (SSSR count). The highest BCUT2D eigenvalue weighted by atomic mass is 32.2. The van der Waals surface area contributed by atoms with E-state index >= 15 is 0 Å². The molecule has 0 aliphatic rings. The smallest absolute Gasteiger partial charge is 0.332 e. The lowest BCUT2D eigenvalue weighted by molar-refractivity contribution is 0.249. The summed E-state index contributed by atoms with van der Waals surface area (Å²) in [6, 6.07) is 12.8. The van der Waals surface area contributed by atoms with Gasteiger partial charge in [0.2, 0.25) is 0 Å². The molecule has 0 bridgehead atoms. The summed E-state index contributed by atoms with van der Waals surface area (Å²) in [5.74, 6) is 0.544. The zero-order valence-electron chi connectivity index (χ0n) is 9.37. The van der Waals surface area contributed by atoms with Crippen molar-refractivity contribution in [1.82, 2.24) is 5.43 Å². The molecule has 1 heterocycles. The molecular weight excluding hydrogens is 250 g/mol. The van der Waals surface area contributed by atoms with Gasteiger partial charge in [0.1, 0.15) is 5.76 Å². The largest absolute Gasteiger partial charge is 0.448 e. The Morgan fingerprint density at radius 2 is 2.06 bits per heavy atom. The van der Waals surface area contributed by atoms with E-state index in [0.29, 0.717) is 5.76 Å². The highest BCUT2D eigenvalue weighted by molar-refractivity contribution is 7.99. The second-order valence-electron chi connectivity index (χ2n) is 3.31. The van der Waals surface area contributed by atoms with Crippen LogP contribution in [-0.2, 0) is 0 Å². The van der Waals surface area contributed by atoms with Crippen molar-refractivity contribution in [3.63, 3.8) is 0 Å². The lowest BCUT2D eigenvalue weighted by Crippen LogP contribution is -2.24. The summed E-state index contributed by atoms with van der Waals surface area (Å²) in [5.41, 5.74) is 6.96. The highest BCUT2D eigenvalue weighted by Crippen LogP contribution is 2.28. The van der Waals surface area contributed by atoms with Gasteiger partial charge in [-0.25, -0.2) is 10.2 Å². The number of hydrazone groups is 1. The van der Waals surface area contributed by atoms with Gasteiger partial charge >= 0.3 is 6.03 Å². The predicted molar refractivity (Wildman–Crippen MR) is 69.6 cm³/mol. The first-order valence-corrected chi connectivity index (χ1v) is 5.97. The SMILES string of the molecule is NC(=O)N/N=C\c1ccc(Sc2ccccc2)o1. The fraction of sp³-hybridized carbons (Fsp3) is 0. The Labute approximate surface area is 108 Å². The van der Waals surface area contributed by atoms with Crippen LogP contribution < -0.4 is 11.2 Å². The van der Waals surface area contributed by atoms with Crippen molar-refractivity contribution in [3.8, 4) is 0 Å². The molecule has 0 spiro atoms. The number of nitrogens with one attached hydrogen (secondary N) is 1. The maximum Gasteiger partial charge on any atom is 0.332 e. The third-order valence-electron chi connectivity index (χ3n) is 1.93. The average Bonchev–Trinajstić information content (AvgIpc) is 2.78. The van der Waals surface area contributed by atoms with Crippen molar-refractivity contribution in [2.75, 3.05) is 0 Å². The standard InChI is InChI=1S/C12H11N3O2S/c13-12(16)15-14-8-9-6-7-11(17-9)18-10-4-2-1-3-5-10/h1-8H,(H3,13,15,16)/b14-8-. The fourth-order valence-corrected chi connectivity index (χ4v) is 2.02. The maximum absolute atomic E-state index is 10.4. The Kier molecular flexibility index (Phi) is 4.03. The number of primary amides is 1. The summed E-state index contributed by atoms with van der Waals surface area (Å²) < 4.78 is 5.49. The lowest BCUT2D eigenvalue weighted by atomic mass is 10.4. The highest BCUT2D eigenvalue weighted by Gasteiger charge is 2.02. The van der Waals surface area contributed by atoms with Gasteiger partial charge in [0.15, 0.2) is 5.09 Å². The summed E-state index contributed by atoms with van der Waals surface area (Å²) in [7, 11) is 0. The van der Waals surface area contributed by atoms with Crippen LogP contribution in [0.2, 0.25) is 0 Å². The first-order chi connectivity index (χ1) is 8.74. The number of hydrogen-bond donors (Lipinski definition) is 2. The summed E-state index contributed by atoms with van der Waals surface area (Å²) in [6.45, 7) is 0. The zero-order valence-corrected chi connectivity index (χ0v) is 10.2. The second kappa shape index (κ2) is 5.92. The minimum absolute atomic E-state index is 0.544. The first kappa shape index (κ1) is 12.3. The van der Waals surface area contributed by atoms with E-state index in [0.717, 1.165) is 9.99 Å². The molecule has 0 saturated heterocycles. The number of carbonyl (C=O) groups is 1. The molecular formula is C12H11N3O2S. The summed E-state index contributed by atoms with van der Waals surface area (Å²) in [6.07, 6.45) is 1.39. The number of carbonyl (C=O) groups excluding carboxylic acids is 1. The van der Waals surface area contributed by atoms with Crippen LogP contribution in [0.3, 0.4) is 0 Å². The van der Waals surface area contributed by atoms with Crippen molar-refractivity contribution in [1.29, 1.82) is 0 Å². The molecule has 6 heteroatoms. The van der Waals surface area contributed by atoms with E-state index in [2.05, 4.69) is 10.5 Å². The molecule has 3 N–H and O–H groups in total. The van der Waals surface area contributed by atoms with Gasteiger partial charge in [-0.15, -0.1) is 0 Å². The third kappa shape index (κ3) is 3.67. The average molecular weight is 261 g/mol. The predicted octanol–water partition coefficient (Wildman–Crippen LogP) is 2.43. The van der Waals surface area contributed by atoms with Crippen LogP contribution in [0.1, 0.15) is 5.76 Å². The molecule has 0 saturated carbocycles. The molecule has 0 aliphatic carbocycles. The molecule has 0 fully saturated rings. The lowest BCUT2D eigenvalue weighted by Gasteiger charge is -1.95. The van der Waals surface area contributed by atoms with Crippen molar-refractivity contribution >= 4 is 24.0 Å². The Hall–Kier alpha value is -2.21. The van der Waals surface area contributed by atoms with Gasteiger partial charge in [0.25, 0.3) is 0 Å². The van der Waals surface area contributed by atoms with Gasteiger partial charge in [-0.3, -0.25) is 0 Å². The third-order valence-corrected chi connectivity index (χ3v) is 2.86. The molecule has 18 heavy (non-hydrogen) atoms.